The van der Waals surface area contributed by atoms with E-state index in [1.165, 1.54) is 0 Å². The fourth-order valence-electron chi connectivity index (χ4n) is 1.01. The highest BCUT2D eigenvalue weighted by Crippen LogP contribution is 2.05. The zero-order valence-corrected chi connectivity index (χ0v) is 9.24. The second kappa shape index (κ2) is 6.80. The Morgan fingerprint density at radius 2 is 2.13 bits per heavy atom. The molecule has 0 saturated heterocycles. The molecule has 2 amide bonds. The summed E-state index contributed by atoms with van der Waals surface area (Å²) in [6.45, 7) is 5.55. The van der Waals surface area contributed by atoms with Crippen LogP contribution in [-0.4, -0.2) is 24.3 Å². The van der Waals surface area contributed by atoms with Gasteiger partial charge in [0.2, 0.25) is 0 Å². The average Bonchev–Trinajstić information content (AvgIpc) is 2.15. The van der Waals surface area contributed by atoms with Gasteiger partial charge in [-0.3, -0.25) is 4.79 Å². The quantitative estimate of drug-likeness (QED) is 0.400. The van der Waals surface area contributed by atoms with Gasteiger partial charge < -0.3 is 10.5 Å². The van der Waals surface area contributed by atoms with Crippen molar-refractivity contribution in [3.05, 3.63) is 0 Å². The minimum Gasteiger partial charge on any atom is -0.466 e. The van der Waals surface area contributed by atoms with E-state index in [4.69, 9.17) is 10.5 Å². The second-order valence-electron chi connectivity index (χ2n) is 3.18. The molecule has 0 unspecified atom stereocenters. The molecule has 0 aliphatic carbocycles. The van der Waals surface area contributed by atoms with Crippen LogP contribution in [0.3, 0.4) is 0 Å². The second-order valence-corrected chi connectivity index (χ2v) is 3.18. The molecular weight excluding hydrogens is 198 g/mol. The van der Waals surface area contributed by atoms with Gasteiger partial charge in [0.25, 0.3) is 0 Å². The Hall–Kier alpha value is -1.59. The minimum absolute atomic E-state index is 0.272. The van der Waals surface area contributed by atoms with E-state index >= 15 is 0 Å². The van der Waals surface area contributed by atoms with Crippen LogP contribution >= 0.6 is 0 Å². The van der Waals surface area contributed by atoms with Crippen LogP contribution in [0, 0.1) is 5.92 Å². The van der Waals surface area contributed by atoms with Crippen LogP contribution in [0.5, 0.6) is 0 Å². The van der Waals surface area contributed by atoms with Gasteiger partial charge in [-0.25, -0.2) is 10.2 Å². The number of amides is 2. The maximum Gasteiger partial charge on any atom is 0.332 e. The van der Waals surface area contributed by atoms with E-state index in [1.807, 2.05) is 0 Å². The highest BCUT2D eigenvalue weighted by Gasteiger charge is 2.14. The number of carbonyl (C=O) groups is 2. The summed E-state index contributed by atoms with van der Waals surface area (Å²) >= 11 is 0. The number of ether oxygens (including phenoxy) is 1. The van der Waals surface area contributed by atoms with Crippen molar-refractivity contribution in [2.75, 3.05) is 6.61 Å². The number of esters is 1. The van der Waals surface area contributed by atoms with Gasteiger partial charge in [0, 0.05) is 12.1 Å². The molecule has 15 heavy (non-hydrogen) atoms. The van der Waals surface area contributed by atoms with E-state index in [0.29, 0.717) is 18.7 Å². The highest BCUT2D eigenvalue weighted by molar-refractivity contribution is 5.87. The van der Waals surface area contributed by atoms with E-state index in [-0.39, 0.29) is 11.9 Å². The molecule has 0 fully saturated rings. The van der Waals surface area contributed by atoms with Crippen molar-refractivity contribution in [1.82, 2.24) is 5.43 Å². The summed E-state index contributed by atoms with van der Waals surface area (Å²) in [6, 6.07) is -0.724. The fourth-order valence-corrected chi connectivity index (χ4v) is 1.01. The number of nitrogens with one attached hydrogen (secondary N) is 1. The lowest BCUT2D eigenvalue weighted by atomic mass is 10.1. The molecule has 0 aliphatic heterocycles. The number of hydrogen-bond donors (Lipinski definition) is 2. The zero-order chi connectivity index (χ0) is 11.8. The Labute approximate surface area is 88.9 Å². The minimum atomic E-state index is -0.724. The van der Waals surface area contributed by atoms with Crippen LogP contribution in [0.25, 0.3) is 0 Å². The molecule has 0 aromatic carbocycles. The van der Waals surface area contributed by atoms with E-state index in [2.05, 4.69) is 10.5 Å². The first-order valence-electron chi connectivity index (χ1n) is 4.72. The Balaban J connectivity index is 4.05. The first-order chi connectivity index (χ1) is 6.97. The van der Waals surface area contributed by atoms with Crippen molar-refractivity contribution in [2.24, 2.45) is 16.8 Å². The molecular formula is C9H17N3O3. The Morgan fingerprint density at radius 1 is 1.53 bits per heavy atom. The normalized spacial score (nSPS) is 13.1. The summed E-state index contributed by atoms with van der Waals surface area (Å²) in [6.07, 6.45) is 0.430. The van der Waals surface area contributed by atoms with Crippen molar-refractivity contribution in [3.8, 4) is 0 Å². The third-order valence-electron chi connectivity index (χ3n) is 1.65. The molecule has 0 aromatic heterocycles. The van der Waals surface area contributed by atoms with Crippen LogP contribution < -0.4 is 11.2 Å². The van der Waals surface area contributed by atoms with E-state index in [9.17, 15) is 9.59 Å². The Bertz CT molecular complexity index is 263. The lowest BCUT2D eigenvalue weighted by molar-refractivity contribution is -0.147. The Kier molecular flexibility index (Phi) is 6.08. The maximum absolute atomic E-state index is 11.2. The van der Waals surface area contributed by atoms with Crippen LogP contribution in [0.2, 0.25) is 0 Å². The SMILES string of the molecule is CCOC(=O)[C@H](C)C/C(C)=N\NC(N)=O. The lowest BCUT2D eigenvalue weighted by Crippen LogP contribution is -2.26. The molecule has 0 aliphatic rings. The van der Waals surface area contributed by atoms with Gasteiger partial charge in [-0.15, -0.1) is 0 Å². The number of hydrogen-bond acceptors (Lipinski definition) is 4. The fraction of sp³-hybridized carbons (Fsp3) is 0.667. The summed E-state index contributed by atoms with van der Waals surface area (Å²) in [4.78, 5) is 21.6. The monoisotopic (exact) mass is 215 g/mol. The van der Waals surface area contributed by atoms with Crippen LogP contribution in [0.1, 0.15) is 27.2 Å². The molecule has 0 spiro atoms. The number of nitrogens with two attached hydrogens (primary N) is 1. The number of rotatable bonds is 5. The predicted octanol–water partition coefficient (Wildman–Crippen LogP) is 0.620. The summed E-state index contributed by atoms with van der Waals surface area (Å²) in [5, 5.41) is 3.69. The standard InChI is InChI=1S/C9H17N3O3/c1-4-15-8(13)6(2)5-7(3)11-12-9(10)14/h6H,4-5H2,1-3H3,(H3,10,12,14)/b11-7-/t6-/m1/s1. The van der Waals surface area contributed by atoms with Crippen molar-refractivity contribution < 1.29 is 14.3 Å². The molecule has 0 bridgehead atoms. The number of nitrogens with zero attached hydrogens (tertiary/aromatic N) is 1. The van der Waals surface area contributed by atoms with Crippen molar-refractivity contribution in [3.63, 3.8) is 0 Å². The van der Waals surface area contributed by atoms with Crippen LogP contribution in [-0.2, 0) is 9.53 Å². The predicted molar refractivity (Wildman–Crippen MR) is 56.2 cm³/mol. The summed E-state index contributed by atoms with van der Waals surface area (Å²) < 4.78 is 4.82. The van der Waals surface area contributed by atoms with Gasteiger partial charge in [0.15, 0.2) is 0 Å². The zero-order valence-electron chi connectivity index (χ0n) is 9.24. The number of carbonyl (C=O) groups excluding carboxylic acids is 2. The summed E-state index contributed by atoms with van der Waals surface area (Å²) in [5.74, 6) is -0.547. The largest absolute Gasteiger partial charge is 0.466 e. The molecule has 0 aromatic rings. The van der Waals surface area contributed by atoms with Gasteiger partial charge in [0.05, 0.1) is 12.5 Å². The molecule has 86 valence electrons. The number of hydrazone groups is 1. The van der Waals surface area contributed by atoms with E-state index < -0.39 is 6.03 Å². The molecule has 1 atom stereocenters. The van der Waals surface area contributed by atoms with Crippen LogP contribution in [0.15, 0.2) is 5.10 Å². The third kappa shape index (κ3) is 6.48. The molecule has 6 heteroatoms. The van der Waals surface area contributed by atoms with Gasteiger partial charge >= 0.3 is 12.0 Å². The molecule has 0 saturated carbocycles. The van der Waals surface area contributed by atoms with Gasteiger partial charge in [0.1, 0.15) is 0 Å². The molecule has 0 heterocycles. The first-order valence-corrected chi connectivity index (χ1v) is 4.72. The van der Waals surface area contributed by atoms with Crippen LogP contribution in [0.4, 0.5) is 4.79 Å². The van der Waals surface area contributed by atoms with E-state index in [1.54, 1.807) is 20.8 Å². The summed E-state index contributed by atoms with van der Waals surface area (Å²) in [5.41, 5.74) is 7.55. The smallest absolute Gasteiger partial charge is 0.332 e. The average molecular weight is 215 g/mol. The third-order valence-corrected chi connectivity index (χ3v) is 1.65. The molecule has 3 N–H and O–H groups in total. The number of primary amides is 1. The lowest BCUT2D eigenvalue weighted by Gasteiger charge is -2.09. The molecule has 0 radical (unpaired) electrons. The van der Waals surface area contributed by atoms with Crippen molar-refractivity contribution in [2.45, 2.75) is 27.2 Å². The summed E-state index contributed by atoms with van der Waals surface area (Å²) in [7, 11) is 0. The van der Waals surface area contributed by atoms with E-state index in [0.717, 1.165) is 0 Å². The van der Waals surface area contributed by atoms with Gasteiger partial charge in [-0.1, -0.05) is 6.92 Å². The molecule has 0 rings (SSSR count). The Morgan fingerprint density at radius 3 is 2.60 bits per heavy atom. The first kappa shape index (κ1) is 13.4. The highest BCUT2D eigenvalue weighted by atomic mass is 16.5. The number of urea groups is 1. The topological polar surface area (TPSA) is 93.8 Å². The molecule has 6 nitrogen and oxygen atoms in total. The van der Waals surface area contributed by atoms with Crippen molar-refractivity contribution in [1.29, 1.82) is 0 Å². The van der Waals surface area contributed by atoms with Gasteiger partial charge in [-0.05, 0) is 13.8 Å². The van der Waals surface area contributed by atoms with Gasteiger partial charge in [-0.2, -0.15) is 5.10 Å². The van der Waals surface area contributed by atoms with Crippen molar-refractivity contribution >= 4 is 17.7 Å². The maximum atomic E-state index is 11.2.